The van der Waals surface area contributed by atoms with Crippen LogP contribution in [-0.4, -0.2) is 11.2 Å². The van der Waals surface area contributed by atoms with Crippen LogP contribution in [0.5, 0.6) is 5.75 Å². The number of rotatable bonds is 2. The molecule has 0 spiro atoms. The number of fused-ring (bicyclic) bond motifs is 1. The summed E-state index contributed by atoms with van der Waals surface area (Å²) < 4.78 is 0.801. The summed E-state index contributed by atoms with van der Waals surface area (Å²) in [5, 5.41) is 10.5. The summed E-state index contributed by atoms with van der Waals surface area (Å²) in [6.07, 6.45) is 7.73. The van der Waals surface area contributed by atoms with Gasteiger partial charge in [0, 0.05) is 5.56 Å². The van der Waals surface area contributed by atoms with Gasteiger partial charge in [-0.2, -0.15) is 4.99 Å². The fourth-order valence-corrected chi connectivity index (χ4v) is 3.97. The number of benzene rings is 1. The number of aromatic hydroxyl groups is 1. The maximum atomic E-state index is 10.6. The fraction of sp³-hybridized carbons (Fsp3) is 0.533. The Bertz CT molecular complexity index is 599. The third kappa shape index (κ3) is 1.86. The highest BCUT2D eigenvalue weighted by atomic mass is 79.9. The van der Waals surface area contributed by atoms with E-state index in [9.17, 15) is 9.90 Å². The van der Waals surface area contributed by atoms with Gasteiger partial charge < -0.3 is 5.11 Å². The zero-order valence-corrected chi connectivity index (χ0v) is 12.5. The van der Waals surface area contributed by atoms with E-state index in [1.165, 1.54) is 24.0 Å². The first kappa shape index (κ1) is 12.9. The maximum Gasteiger partial charge on any atom is 0.235 e. The minimum absolute atomic E-state index is 0.273. The first-order valence-corrected chi connectivity index (χ1v) is 7.52. The average molecular weight is 322 g/mol. The van der Waals surface area contributed by atoms with Gasteiger partial charge in [-0.25, -0.2) is 4.79 Å². The molecule has 1 aromatic carbocycles. The maximum absolute atomic E-state index is 10.6. The van der Waals surface area contributed by atoms with Crippen LogP contribution in [-0.2, 0) is 23.2 Å². The van der Waals surface area contributed by atoms with Crippen LogP contribution in [0.4, 0.5) is 0 Å². The zero-order valence-electron chi connectivity index (χ0n) is 10.9. The van der Waals surface area contributed by atoms with Gasteiger partial charge in [0.25, 0.3) is 0 Å². The SMILES string of the molecule is Cc1c2c(c(Br)c(O)c1C1(N=C=O)CC1)CCCC2. The lowest BCUT2D eigenvalue weighted by Gasteiger charge is -2.25. The molecule has 2 aliphatic rings. The molecular formula is C15H16BrNO2. The number of halogens is 1. The second-order valence-corrected chi connectivity index (χ2v) is 6.35. The highest BCUT2D eigenvalue weighted by Crippen LogP contribution is 2.56. The molecule has 1 saturated carbocycles. The van der Waals surface area contributed by atoms with Gasteiger partial charge in [-0.1, -0.05) is 0 Å². The van der Waals surface area contributed by atoms with E-state index in [1.54, 1.807) is 6.08 Å². The molecular weight excluding hydrogens is 306 g/mol. The van der Waals surface area contributed by atoms with Crippen molar-refractivity contribution in [1.29, 1.82) is 0 Å². The molecule has 0 saturated heterocycles. The van der Waals surface area contributed by atoms with Crippen molar-refractivity contribution in [3.8, 4) is 5.75 Å². The quantitative estimate of drug-likeness (QED) is 0.667. The molecule has 0 unspecified atom stereocenters. The summed E-state index contributed by atoms with van der Waals surface area (Å²) in [5.74, 6) is 0.273. The van der Waals surface area contributed by atoms with Crippen molar-refractivity contribution in [2.45, 2.75) is 51.0 Å². The molecule has 0 radical (unpaired) electrons. The lowest BCUT2D eigenvalue weighted by Crippen LogP contribution is -2.13. The second kappa shape index (κ2) is 4.46. The highest BCUT2D eigenvalue weighted by Gasteiger charge is 2.48. The molecule has 19 heavy (non-hydrogen) atoms. The van der Waals surface area contributed by atoms with Gasteiger partial charge in [0.2, 0.25) is 6.08 Å². The number of carbonyl (C=O) groups excluding carboxylic acids is 1. The first-order chi connectivity index (χ1) is 9.10. The van der Waals surface area contributed by atoms with E-state index in [4.69, 9.17) is 0 Å². The smallest absolute Gasteiger partial charge is 0.235 e. The van der Waals surface area contributed by atoms with Crippen molar-refractivity contribution in [3.05, 3.63) is 26.7 Å². The predicted molar refractivity (Wildman–Crippen MR) is 76.2 cm³/mol. The van der Waals surface area contributed by atoms with Gasteiger partial charge in [-0.3, -0.25) is 0 Å². The number of nitrogens with zero attached hydrogens (tertiary/aromatic N) is 1. The van der Waals surface area contributed by atoms with Crippen molar-refractivity contribution in [2.75, 3.05) is 0 Å². The lowest BCUT2D eigenvalue weighted by atomic mass is 9.83. The lowest BCUT2D eigenvalue weighted by molar-refractivity contribution is 0.452. The first-order valence-electron chi connectivity index (χ1n) is 6.73. The van der Waals surface area contributed by atoms with Crippen molar-refractivity contribution in [1.82, 2.24) is 0 Å². The Morgan fingerprint density at radius 2 is 1.89 bits per heavy atom. The zero-order chi connectivity index (χ0) is 13.6. The van der Waals surface area contributed by atoms with Crippen LogP contribution in [0.25, 0.3) is 0 Å². The number of phenolic OH excluding ortho intramolecular Hbond substituents is 1. The van der Waals surface area contributed by atoms with E-state index in [2.05, 4.69) is 20.9 Å². The monoisotopic (exact) mass is 321 g/mol. The van der Waals surface area contributed by atoms with E-state index in [0.717, 1.165) is 41.3 Å². The standard InChI is InChI=1S/C15H16BrNO2/c1-9-10-4-2-3-5-11(10)13(16)14(19)12(9)15(6-7-15)17-8-18/h19H,2-7H2,1H3. The van der Waals surface area contributed by atoms with E-state index in [-0.39, 0.29) is 5.75 Å². The molecule has 3 rings (SSSR count). The molecule has 0 amide bonds. The molecule has 1 N–H and O–H groups in total. The van der Waals surface area contributed by atoms with Crippen molar-refractivity contribution >= 4 is 22.0 Å². The van der Waals surface area contributed by atoms with Crippen molar-refractivity contribution in [2.24, 2.45) is 4.99 Å². The van der Waals surface area contributed by atoms with Crippen molar-refractivity contribution < 1.29 is 9.90 Å². The van der Waals surface area contributed by atoms with Gasteiger partial charge in [0.05, 0.1) is 4.47 Å². The molecule has 0 atom stereocenters. The van der Waals surface area contributed by atoms with Crippen molar-refractivity contribution in [3.63, 3.8) is 0 Å². The molecule has 2 aliphatic carbocycles. The Hall–Kier alpha value is -1.12. The Labute approximate surface area is 120 Å². The van der Waals surface area contributed by atoms with Gasteiger partial charge in [0.1, 0.15) is 11.3 Å². The molecule has 0 heterocycles. The molecule has 4 heteroatoms. The molecule has 0 aromatic heterocycles. The largest absolute Gasteiger partial charge is 0.506 e. The molecule has 0 aliphatic heterocycles. The van der Waals surface area contributed by atoms with Crippen LogP contribution in [0.2, 0.25) is 0 Å². The third-order valence-electron chi connectivity index (χ3n) is 4.45. The molecule has 1 fully saturated rings. The molecule has 1 aromatic rings. The topological polar surface area (TPSA) is 49.7 Å². The van der Waals surface area contributed by atoms with Crippen LogP contribution >= 0.6 is 15.9 Å². The Kier molecular flexibility index (Phi) is 3.03. The van der Waals surface area contributed by atoms with Crippen LogP contribution < -0.4 is 0 Å². The summed E-state index contributed by atoms with van der Waals surface area (Å²) >= 11 is 3.53. The number of hydrogen-bond acceptors (Lipinski definition) is 3. The van der Waals surface area contributed by atoms with E-state index in [1.807, 2.05) is 6.92 Å². The highest BCUT2D eigenvalue weighted by molar-refractivity contribution is 9.10. The fourth-order valence-electron chi connectivity index (χ4n) is 3.34. The molecule has 3 nitrogen and oxygen atoms in total. The van der Waals surface area contributed by atoms with E-state index in [0.29, 0.717) is 0 Å². The summed E-state index contributed by atoms with van der Waals surface area (Å²) in [6.45, 7) is 2.05. The summed E-state index contributed by atoms with van der Waals surface area (Å²) in [6, 6.07) is 0. The van der Waals surface area contributed by atoms with Crippen LogP contribution in [0.3, 0.4) is 0 Å². The number of hydrogen-bond donors (Lipinski definition) is 1. The molecule has 0 bridgehead atoms. The summed E-state index contributed by atoms with van der Waals surface area (Å²) in [7, 11) is 0. The van der Waals surface area contributed by atoms with E-state index < -0.39 is 5.54 Å². The predicted octanol–water partition coefficient (Wildman–Crippen LogP) is 3.67. The van der Waals surface area contributed by atoms with Gasteiger partial charge in [-0.15, -0.1) is 0 Å². The number of aliphatic imine (C=N–C) groups is 1. The Balaban J connectivity index is 2.26. The Morgan fingerprint density at radius 3 is 2.47 bits per heavy atom. The van der Waals surface area contributed by atoms with Gasteiger partial charge in [-0.05, 0) is 78.1 Å². The van der Waals surface area contributed by atoms with E-state index >= 15 is 0 Å². The molecule has 100 valence electrons. The Morgan fingerprint density at radius 1 is 1.26 bits per heavy atom. The third-order valence-corrected chi connectivity index (χ3v) is 5.31. The van der Waals surface area contributed by atoms with Gasteiger partial charge >= 0.3 is 0 Å². The van der Waals surface area contributed by atoms with Crippen LogP contribution in [0.15, 0.2) is 9.47 Å². The minimum atomic E-state index is -0.509. The number of isocyanates is 1. The van der Waals surface area contributed by atoms with Crippen LogP contribution in [0, 0.1) is 6.92 Å². The summed E-state index contributed by atoms with van der Waals surface area (Å²) in [5.41, 5.74) is 4.01. The average Bonchev–Trinajstić information content (AvgIpc) is 3.17. The number of phenols is 1. The van der Waals surface area contributed by atoms with Crippen LogP contribution in [0.1, 0.15) is 47.9 Å². The second-order valence-electron chi connectivity index (χ2n) is 5.56. The normalized spacial score (nSPS) is 19.5. The minimum Gasteiger partial charge on any atom is -0.506 e. The summed E-state index contributed by atoms with van der Waals surface area (Å²) in [4.78, 5) is 14.6. The van der Waals surface area contributed by atoms with Gasteiger partial charge in [0.15, 0.2) is 0 Å².